The van der Waals surface area contributed by atoms with E-state index in [4.69, 9.17) is 16.7 Å². The van der Waals surface area contributed by atoms with Crippen molar-refractivity contribution < 1.29 is 13.5 Å². The van der Waals surface area contributed by atoms with E-state index in [1.807, 2.05) is 0 Å². The van der Waals surface area contributed by atoms with E-state index in [9.17, 15) is 8.42 Å². The van der Waals surface area contributed by atoms with Crippen LogP contribution in [0, 0.1) is 0 Å². The SMILES string of the molecule is O=S(=O)(CCCO)c1cccc(Cl)c1. The second kappa shape index (κ2) is 4.77. The normalized spacial score (nSPS) is 11.6. The molecule has 0 bridgehead atoms. The van der Waals surface area contributed by atoms with Gasteiger partial charge in [0.05, 0.1) is 10.6 Å². The summed E-state index contributed by atoms with van der Waals surface area (Å²) in [6.07, 6.45) is 0.245. The minimum Gasteiger partial charge on any atom is -0.396 e. The lowest BCUT2D eigenvalue weighted by Gasteiger charge is -2.02. The first kappa shape index (κ1) is 11.5. The second-order valence-corrected chi connectivity index (χ2v) is 5.40. The summed E-state index contributed by atoms with van der Waals surface area (Å²) in [6.45, 7) is -0.125. The topological polar surface area (TPSA) is 54.4 Å². The molecular weight excluding hydrogens is 224 g/mol. The van der Waals surface area contributed by atoms with E-state index in [0.717, 1.165) is 0 Å². The van der Waals surface area contributed by atoms with E-state index >= 15 is 0 Å². The van der Waals surface area contributed by atoms with Crippen molar-refractivity contribution in [2.24, 2.45) is 0 Å². The summed E-state index contributed by atoms with van der Waals surface area (Å²) >= 11 is 5.67. The average Bonchev–Trinajstić information content (AvgIpc) is 2.15. The molecule has 1 aromatic carbocycles. The van der Waals surface area contributed by atoms with Gasteiger partial charge in [-0.1, -0.05) is 17.7 Å². The average molecular weight is 235 g/mol. The van der Waals surface area contributed by atoms with Gasteiger partial charge in [0, 0.05) is 11.6 Å². The van der Waals surface area contributed by atoms with Crippen LogP contribution >= 0.6 is 11.6 Å². The van der Waals surface area contributed by atoms with Crippen molar-refractivity contribution in [3.05, 3.63) is 29.3 Å². The van der Waals surface area contributed by atoms with Gasteiger partial charge in [-0.15, -0.1) is 0 Å². The number of benzene rings is 1. The molecule has 0 saturated heterocycles. The van der Waals surface area contributed by atoms with Crippen LogP contribution in [0.1, 0.15) is 6.42 Å². The van der Waals surface area contributed by atoms with Crippen molar-refractivity contribution in [2.75, 3.05) is 12.4 Å². The van der Waals surface area contributed by atoms with Gasteiger partial charge in [-0.2, -0.15) is 0 Å². The summed E-state index contributed by atoms with van der Waals surface area (Å²) in [6, 6.07) is 6.12. The molecule has 0 aliphatic carbocycles. The van der Waals surface area contributed by atoms with Crippen LogP contribution in [0.25, 0.3) is 0 Å². The first-order valence-electron chi connectivity index (χ1n) is 4.15. The van der Waals surface area contributed by atoms with Crippen LogP contribution in [0.2, 0.25) is 5.02 Å². The molecule has 0 aromatic heterocycles. The molecule has 0 aliphatic heterocycles. The predicted octanol–water partition coefficient (Wildman–Crippen LogP) is 1.50. The third-order valence-corrected chi connectivity index (χ3v) is 3.76. The lowest BCUT2D eigenvalue weighted by Crippen LogP contribution is -2.08. The van der Waals surface area contributed by atoms with Gasteiger partial charge in [0.25, 0.3) is 0 Å². The van der Waals surface area contributed by atoms with Gasteiger partial charge in [-0.05, 0) is 24.6 Å². The fraction of sp³-hybridized carbons (Fsp3) is 0.333. The molecule has 1 aromatic rings. The zero-order valence-corrected chi connectivity index (χ0v) is 9.05. The molecule has 1 rings (SSSR count). The number of hydrogen-bond donors (Lipinski definition) is 1. The number of aliphatic hydroxyl groups is 1. The number of sulfone groups is 1. The Morgan fingerprint density at radius 3 is 2.64 bits per heavy atom. The molecular formula is C9H11ClO3S. The molecule has 1 N–H and O–H groups in total. The second-order valence-electron chi connectivity index (χ2n) is 2.85. The molecule has 0 unspecified atom stereocenters. The van der Waals surface area contributed by atoms with Gasteiger partial charge in [0.2, 0.25) is 0 Å². The third kappa shape index (κ3) is 2.97. The molecule has 0 heterocycles. The van der Waals surface area contributed by atoms with E-state index < -0.39 is 9.84 Å². The summed E-state index contributed by atoms with van der Waals surface area (Å²) < 4.78 is 23.1. The van der Waals surface area contributed by atoms with Crippen molar-refractivity contribution in [2.45, 2.75) is 11.3 Å². The molecule has 3 nitrogen and oxygen atoms in total. The fourth-order valence-electron chi connectivity index (χ4n) is 1.03. The standard InChI is InChI=1S/C9H11ClO3S/c10-8-3-1-4-9(7-8)14(12,13)6-2-5-11/h1,3-4,7,11H,2,5-6H2. The van der Waals surface area contributed by atoms with Crippen LogP contribution in [-0.4, -0.2) is 25.9 Å². The molecule has 0 aliphatic rings. The van der Waals surface area contributed by atoms with E-state index in [1.54, 1.807) is 12.1 Å². The van der Waals surface area contributed by atoms with Crippen LogP contribution in [0.15, 0.2) is 29.2 Å². The van der Waals surface area contributed by atoms with Gasteiger partial charge >= 0.3 is 0 Å². The van der Waals surface area contributed by atoms with Crippen molar-refractivity contribution >= 4 is 21.4 Å². The lowest BCUT2D eigenvalue weighted by molar-refractivity contribution is 0.295. The Bertz CT molecular complexity index is 400. The highest BCUT2D eigenvalue weighted by molar-refractivity contribution is 7.91. The number of halogens is 1. The first-order chi connectivity index (χ1) is 6.56. The maximum absolute atomic E-state index is 11.6. The number of rotatable bonds is 4. The minimum atomic E-state index is -3.29. The van der Waals surface area contributed by atoms with Crippen LogP contribution in [-0.2, 0) is 9.84 Å². The zero-order chi connectivity index (χ0) is 10.6. The van der Waals surface area contributed by atoms with E-state index in [1.165, 1.54) is 12.1 Å². The zero-order valence-electron chi connectivity index (χ0n) is 7.48. The minimum absolute atomic E-state index is 0.0517. The van der Waals surface area contributed by atoms with Crippen molar-refractivity contribution in [3.8, 4) is 0 Å². The van der Waals surface area contributed by atoms with Crippen molar-refractivity contribution in [3.63, 3.8) is 0 Å². The highest BCUT2D eigenvalue weighted by atomic mass is 35.5. The Balaban J connectivity index is 2.93. The predicted molar refractivity (Wildman–Crippen MR) is 55.2 cm³/mol. The van der Waals surface area contributed by atoms with Gasteiger partial charge in [0.15, 0.2) is 9.84 Å². The Hall–Kier alpha value is -0.580. The smallest absolute Gasteiger partial charge is 0.178 e. The monoisotopic (exact) mass is 234 g/mol. The third-order valence-electron chi connectivity index (χ3n) is 1.73. The first-order valence-corrected chi connectivity index (χ1v) is 6.18. The molecule has 0 fully saturated rings. The summed E-state index contributed by atoms with van der Waals surface area (Å²) in [4.78, 5) is 0.207. The fourth-order valence-corrected chi connectivity index (χ4v) is 2.63. The maximum Gasteiger partial charge on any atom is 0.178 e. The number of hydrogen-bond acceptors (Lipinski definition) is 3. The molecule has 78 valence electrons. The molecule has 0 radical (unpaired) electrons. The maximum atomic E-state index is 11.6. The van der Waals surface area contributed by atoms with Crippen LogP contribution in [0.4, 0.5) is 0 Å². The quantitative estimate of drug-likeness (QED) is 0.859. The molecule has 0 saturated carbocycles. The summed E-state index contributed by atoms with van der Waals surface area (Å²) in [5.74, 6) is -0.0517. The lowest BCUT2D eigenvalue weighted by atomic mass is 10.4. The van der Waals surface area contributed by atoms with Gasteiger partial charge in [0.1, 0.15) is 0 Å². The largest absolute Gasteiger partial charge is 0.396 e. The van der Waals surface area contributed by atoms with Crippen molar-refractivity contribution in [1.29, 1.82) is 0 Å². The van der Waals surface area contributed by atoms with Crippen LogP contribution in [0.3, 0.4) is 0 Å². The highest BCUT2D eigenvalue weighted by Crippen LogP contribution is 2.17. The van der Waals surface area contributed by atoms with Gasteiger partial charge < -0.3 is 5.11 Å². The number of aliphatic hydroxyl groups excluding tert-OH is 1. The Morgan fingerprint density at radius 1 is 1.36 bits per heavy atom. The van der Waals surface area contributed by atoms with Gasteiger partial charge in [-0.3, -0.25) is 0 Å². The summed E-state index contributed by atoms with van der Waals surface area (Å²) in [5, 5.41) is 8.94. The van der Waals surface area contributed by atoms with Crippen LogP contribution < -0.4 is 0 Å². The molecule has 5 heteroatoms. The van der Waals surface area contributed by atoms with Crippen LogP contribution in [0.5, 0.6) is 0 Å². The Labute approximate surface area is 88.2 Å². The molecule has 0 amide bonds. The van der Waals surface area contributed by atoms with Crippen molar-refractivity contribution in [1.82, 2.24) is 0 Å². The summed E-state index contributed by atoms with van der Waals surface area (Å²) in [5.41, 5.74) is 0. The van der Waals surface area contributed by atoms with E-state index in [2.05, 4.69) is 0 Å². The van der Waals surface area contributed by atoms with E-state index in [0.29, 0.717) is 5.02 Å². The molecule has 0 spiro atoms. The summed E-state index contributed by atoms with van der Waals surface area (Å²) in [7, 11) is -3.29. The Morgan fingerprint density at radius 2 is 2.07 bits per heavy atom. The molecule has 0 atom stereocenters. The Kier molecular flexibility index (Phi) is 3.92. The highest BCUT2D eigenvalue weighted by Gasteiger charge is 2.13. The van der Waals surface area contributed by atoms with E-state index in [-0.39, 0.29) is 23.7 Å². The van der Waals surface area contributed by atoms with Gasteiger partial charge in [-0.25, -0.2) is 8.42 Å². The molecule has 14 heavy (non-hydrogen) atoms.